The molecule has 168 valence electrons. The summed E-state index contributed by atoms with van der Waals surface area (Å²) in [5, 5.41) is 3.08. The zero-order chi connectivity index (χ0) is 22.6. The van der Waals surface area contributed by atoms with Crippen LogP contribution in [0.5, 0.6) is 5.75 Å². The smallest absolute Gasteiger partial charge is 0.261 e. The van der Waals surface area contributed by atoms with Crippen LogP contribution in [-0.2, 0) is 10.2 Å². The van der Waals surface area contributed by atoms with Crippen LogP contribution >= 0.6 is 0 Å². The molecule has 2 aromatic rings. The van der Waals surface area contributed by atoms with Crippen molar-refractivity contribution < 1.29 is 9.53 Å². The van der Waals surface area contributed by atoms with Crippen LogP contribution in [0.2, 0.25) is 0 Å². The molecule has 0 spiro atoms. The largest absolute Gasteiger partial charge is 0.481 e. The van der Waals surface area contributed by atoms with E-state index < -0.39 is 6.10 Å². The van der Waals surface area contributed by atoms with E-state index in [9.17, 15) is 4.79 Å². The van der Waals surface area contributed by atoms with E-state index >= 15 is 0 Å². The van der Waals surface area contributed by atoms with Crippen LogP contribution in [0.25, 0.3) is 0 Å². The number of hydrogen-bond acceptors (Lipinski definition) is 3. The first-order valence-electron chi connectivity index (χ1n) is 11.6. The topological polar surface area (TPSA) is 41.6 Å². The summed E-state index contributed by atoms with van der Waals surface area (Å²) < 4.78 is 5.87. The van der Waals surface area contributed by atoms with Gasteiger partial charge >= 0.3 is 0 Å². The molecule has 0 saturated carbocycles. The molecule has 1 heterocycles. The molecule has 31 heavy (non-hydrogen) atoms. The van der Waals surface area contributed by atoms with Crippen molar-refractivity contribution in [2.75, 3.05) is 18.0 Å². The molecule has 0 aromatic heterocycles. The monoisotopic (exact) mass is 422 g/mol. The average molecular weight is 423 g/mol. The van der Waals surface area contributed by atoms with Crippen LogP contribution in [0.15, 0.2) is 48.5 Å². The lowest BCUT2D eigenvalue weighted by atomic mass is 9.87. The minimum Gasteiger partial charge on any atom is -0.481 e. The average Bonchev–Trinajstić information content (AvgIpc) is 2.74. The maximum Gasteiger partial charge on any atom is 0.261 e. The van der Waals surface area contributed by atoms with Gasteiger partial charge in [0.2, 0.25) is 0 Å². The Bertz CT molecular complexity index is 844. The summed E-state index contributed by atoms with van der Waals surface area (Å²) in [5.41, 5.74) is 3.71. The Kier molecular flexibility index (Phi) is 7.30. The van der Waals surface area contributed by atoms with Crippen LogP contribution in [-0.4, -0.2) is 25.1 Å². The summed E-state index contributed by atoms with van der Waals surface area (Å²) in [4.78, 5) is 15.1. The predicted octanol–water partition coefficient (Wildman–Crippen LogP) is 5.87. The van der Waals surface area contributed by atoms with Crippen molar-refractivity contribution in [3.63, 3.8) is 0 Å². The van der Waals surface area contributed by atoms with Gasteiger partial charge < -0.3 is 15.0 Å². The Morgan fingerprint density at radius 2 is 1.58 bits per heavy atom. The van der Waals surface area contributed by atoms with Gasteiger partial charge in [-0.2, -0.15) is 0 Å². The summed E-state index contributed by atoms with van der Waals surface area (Å²) in [6.07, 6.45) is 1.95. The lowest BCUT2D eigenvalue weighted by Gasteiger charge is -2.32. The maximum absolute atomic E-state index is 12.7. The number of nitrogens with zero attached hydrogens (tertiary/aromatic N) is 1. The van der Waals surface area contributed by atoms with E-state index in [1.165, 1.54) is 24.1 Å². The third-order valence-corrected chi connectivity index (χ3v) is 6.30. The van der Waals surface area contributed by atoms with Crippen molar-refractivity contribution in [3.8, 4) is 5.75 Å². The predicted molar refractivity (Wildman–Crippen MR) is 129 cm³/mol. The molecule has 4 heteroatoms. The SMILES string of the molecule is CC1CCN(c2ccc([C@H](C)NC(=O)[C@H](C)Oc3ccc(C(C)(C)C)cc3)cc2)CC1. The number of piperidine rings is 1. The van der Waals surface area contributed by atoms with E-state index in [1.54, 1.807) is 6.92 Å². The van der Waals surface area contributed by atoms with Crippen LogP contribution in [0.3, 0.4) is 0 Å². The Balaban J connectivity index is 1.53. The van der Waals surface area contributed by atoms with Crippen LogP contribution in [0, 0.1) is 5.92 Å². The van der Waals surface area contributed by atoms with Gasteiger partial charge in [-0.3, -0.25) is 4.79 Å². The zero-order valence-corrected chi connectivity index (χ0v) is 19.9. The number of ether oxygens (including phenoxy) is 1. The lowest BCUT2D eigenvalue weighted by Crippen LogP contribution is -2.37. The fourth-order valence-corrected chi connectivity index (χ4v) is 3.95. The van der Waals surface area contributed by atoms with E-state index in [0.29, 0.717) is 5.75 Å². The first-order valence-corrected chi connectivity index (χ1v) is 11.6. The van der Waals surface area contributed by atoms with Gasteiger partial charge in [0.15, 0.2) is 6.10 Å². The molecular formula is C27H38N2O2. The van der Waals surface area contributed by atoms with E-state index in [4.69, 9.17) is 4.74 Å². The lowest BCUT2D eigenvalue weighted by molar-refractivity contribution is -0.127. The molecule has 1 fully saturated rings. The molecule has 1 saturated heterocycles. The number of amides is 1. The Labute approximate surface area is 188 Å². The second-order valence-electron chi connectivity index (χ2n) is 10.0. The van der Waals surface area contributed by atoms with Gasteiger partial charge in [-0.15, -0.1) is 0 Å². The summed E-state index contributed by atoms with van der Waals surface area (Å²) >= 11 is 0. The van der Waals surface area contributed by atoms with Gasteiger partial charge in [-0.1, -0.05) is 52.0 Å². The highest BCUT2D eigenvalue weighted by molar-refractivity contribution is 5.81. The highest BCUT2D eigenvalue weighted by atomic mass is 16.5. The highest BCUT2D eigenvalue weighted by Crippen LogP contribution is 2.26. The van der Waals surface area contributed by atoms with Crippen LogP contribution < -0.4 is 15.0 Å². The maximum atomic E-state index is 12.7. The van der Waals surface area contributed by atoms with Crippen molar-refractivity contribution in [3.05, 3.63) is 59.7 Å². The number of nitrogens with one attached hydrogen (secondary N) is 1. The third kappa shape index (κ3) is 6.25. The molecule has 4 nitrogen and oxygen atoms in total. The normalized spacial score (nSPS) is 17.2. The highest BCUT2D eigenvalue weighted by Gasteiger charge is 2.20. The van der Waals surface area contributed by atoms with Gasteiger partial charge in [0.05, 0.1) is 6.04 Å². The second kappa shape index (κ2) is 9.76. The minimum atomic E-state index is -0.558. The van der Waals surface area contributed by atoms with Gasteiger partial charge in [-0.25, -0.2) is 0 Å². The standard InChI is InChI=1S/C27H38N2O2/c1-19-15-17-29(18-16-19)24-11-7-22(8-12-24)20(2)28-26(30)21(3)31-25-13-9-23(10-14-25)27(4,5)6/h7-14,19-21H,15-18H2,1-6H3,(H,28,30)/t20-,21-/m0/s1. The van der Waals surface area contributed by atoms with Crippen molar-refractivity contribution in [1.29, 1.82) is 0 Å². The molecule has 2 aromatic carbocycles. The zero-order valence-electron chi connectivity index (χ0n) is 19.9. The van der Waals surface area contributed by atoms with Crippen molar-refractivity contribution in [2.24, 2.45) is 5.92 Å². The summed E-state index contributed by atoms with van der Waals surface area (Å²) in [6, 6.07) is 16.5. The molecule has 0 radical (unpaired) electrons. The molecule has 0 bridgehead atoms. The molecule has 3 rings (SSSR count). The number of anilines is 1. The molecule has 1 amide bonds. The van der Waals surface area contributed by atoms with Gasteiger partial charge in [0.25, 0.3) is 5.91 Å². The quantitative estimate of drug-likeness (QED) is 0.633. The van der Waals surface area contributed by atoms with Gasteiger partial charge in [-0.05, 0) is 73.4 Å². The summed E-state index contributed by atoms with van der Waals surface area (Å²) in [7, 11) is 0. The number of benzene rings is 2. The third-order valence-electron chi connectivity index (χ3n) is 6.30. The second-order valence-corrected chi connectivity index (χ2v) is 10.0. The Hall–Kier alpha value is -2.49. The minimum absolute atomic E-state index is 0.0720. The summed E-state index contributed by atoms with van der Waals surface area (Å²) in [5.74, 6) is 1.43. The van der Waals surface area contributed by atoms with E-state index in [-0.39, 0.29) is 17.4 Å². The molecule has 1 aliphatic rings. The molecule has 0 unspecified atom stereocenters. The van der Waals surface area contributed by atoms with Crippen molar-refractivity contribution in [1.82, 2.24) is 5.32 Å². The number of carbonyl (C=O) groups excluding carboxylic acids is 1. The molecule has 2 atom stereocenters. The Morgan fingerprint density at radius 1 is 1.00 bits per heavy atom. The van der Waals surface area contributed by atoms with Gasteiger partial charge in [0.1, 0.15) is 5.75 Å². The van der Waals surface area contributed by atoms with E-state index in [2.05, 4.69) is 74.3 Å². The van der Waals surface area contributed by atoms with Crippen molar-refractivity contribution >= 4 is 11.6 Å². The number of carbonyl (C=O) groups is 1. The van der Waals surface area contributed by atoms with E-state index in [0.717, 1.165) is 24.6 Å². The molecule has 1 N–H and O–H groups in total. The first kappa shape index (κ1) is 23.2. The Morgan fingerprint density at radius 3 is 2.13 bits per heavy atom. The number of hydrogen-bond donors (Lipinski definition) is 1. The van der Waals surface area contributed by atoms with E-state index in [1.807, 2.05) is 19.1 Å². The van der Waals surface area contributed by atoms with Crippen LogP contribution in [0.4, 0.5) is 5.69 Å². The molecule has 0 aliphatic carbocycles. The fraction of sp³-hybridized carbons (Fsp3) is 0.519. The van der Waals surface area contributed by atoms with Crippen LogP contribution in [0.1, 0.15) is 71.6 Å². The molecule has 1 aliphatic heterocycles. The number of rotatable bonds is 6. The fourth-order valence-electron chi connectivity index (χ4n) is 3.95. The molecular weight excluding hydrogens is 384 g/mol. The van der Waals surface area contributed by atoms with Gasteiger partial charge in [0, 0.05) is 18.8 Å². The summed E-state index contributed by atoms with van der Waals surface area (Å²) in [6.45, 7) is 14.9. The first-order chi connectivity index (χ1) is 14.6. The van der Waals surface area contributed by atoms with Crippen molar-refractivity contribution in [2.45, 2.75) is 71.9 Å².